The molecule has 1 heterocycles. The van der Waals surface area contributed by atoms with Crippen LogP contribution in [0.5, 0.6) is 6.01 Å². The van der Waals surface area contributed by atoms with Gasteiger partial charge in [-0.1, -0.05) is 103 Å². The molecule has 0 radical (unpaired) electrons. The first-order valence-electron chi connectivity index (χ1n) is 15.0. The summed E-state index contributed by atoms with van der Waals surface area (Å²) in [6, 6.07) is 37.3. The minimum Gasteiger partial charge on any atom is -0.458 e. The van der Waals surface area contributed by atoms with Gasteiger partial charge in [0.15, 0.2) is 5.60 Å². The van der Waals surface area contributed by atoms with Crippen molar-refractivity contribution in [2.45, 2.75) is 39.1 Å². The zero-order chi connectivity index (χ0) is 32.5. The molecule has 0 aliphatic rings. The number of hydrogen-bond donors (Lipinski definition) is 0. The molecule has 4 aromatic carbocycles. The number of amides is 1. The van der Waals surface area contributed by atoms with E-state index in [4.69, 9.17) is 14.2 Å². The van der Waals surface area contributed by atoms with Gasteiger partial charge in [0.1, 0.15) is 13.2 Å². The number of benzene rings is 4. The molecule has 46 heavy (non-hydrogen) atoms. The number of hydrogen-bond acceptors (Lipinski definition) is 7. The normalized spacial score (nSPS) is 11.8. The van der Waals surface area contributed by atoms with Crippen molar-refractivity contribution in [2.24, 2.45) is 0 Å². The van der Waals surface area contributed by atoms with Crippen LogP contribution < -0.4 is 9.64 Å². The Bertz CT molecular complexity index is 1700. The molecule has 234 valence electrons. The lowest BCUT2D eigenvalue weighted by molar-refractivity contribution is -0.173. The van der Waals surface area contributed by atoms with Gasteiger partial charge >= 0.3 is 12.0 Å². The van der Waals surface area contributed by atoms with E-state index in [2.05, 4.69) is 9.97 Å². The summed E-state index contributed by atoms with van der Waals surface area (Å²) in [7, 11) is 1.69. The highest BCUT2D eigenvalue weighted by Crippen LogP contribution is 2.40. The van der Waals surface area contributed by atoms with Gasteiger partial charge < -0.3 is 19.1 Å². The number of likely N-dealkylation sites (N-methyl/N-ethyl adjacent to an activating group) is 1. The van der Waals surface area contributed by atoms with Gasteiger partial charge in [0, 0.05) is 24.1 Å². The van der Waals surface area contributed by atoms with Gasteiger partial charge in [-0.15, -0.1) is 0 Å². The minimum absolute atomic E-state index is 0.00191. The molecular weight excluding hydrogens is 578 g/mol. The molecular formula is C38H37N3O5. The van der Waals surface area contributed by atoms with Gasteiger partial charge in [0.2, 0.25) is 6.10 Å². The van der Waals surface area contributed by atoms with Crippen LogP contribution in [0.2, 0.25) is 0 Å². The van der Waals surface area contributed by atoms with Crippen molar-refractivity contribution in [1.29, 1.82) is 0 Å². The van der Waals surface area contributed by atoms with E-state index in [0.29, 0.717) is 22.5 Å². The quantitative estimate of drug-likeness (QED) is 0.148. The zero-order valence-corrected chi connectivity index (χ0v) is 26.4. The van der Waals surface area contributed by atoms with Gasteiger partial charge in [-0.3, -0.25) is 4.79 Å². The monoisotopic (exact) mass is 615 g/mol. The second-order valence-electron chi connectivity index (χ2n) is 11.1. The fourth-order valence-electron chi connectivity index (χ4n) is 5.29. The summed E-state index contributed by atoms with van der Waals surface area (Å²) >= 11 is 0. The first-order valence-corrected chi connectivity index (χ1v) is 15.0. The third-order valence-electron chi connectivity index (χ3n) is 7.58. The van der Waals surface area contributed by atoms with Crippen LogP contribution in [-0.2, 0) is 31.3 Å². The largest absolute Gasteiger partial charge is 0.458 e. The van der Waals surface area contributed by atoms with Gasteiger partial charge in [0.05, 0.1) is 0 Å². The topological polar surface area (TPSA) is 90.9 Å². The molecule has 1 aromatic heterocycles. The molecule has 1 atom stereocenters. The van der Waals surface area contributed by atoms with Crippen molar-refractivity contribution >= 4 is 17.6 Å². The van der Waals surface area contributed by atoms with Gasteiger partial charge in [0.25, 0.3) is 5.91 Å². The maximum absolute atomic E-state index is 14.3. The Balaban J connectivity index is 1.63. The smallest absolute Gasteiger partial charge is 0.351 e. The number of nitrogens with zero attached hydrogens (tertiary/aromatic N) is 3. The lowest BCUT2D eigenvalue weighted by Gasteiger charge is -2.39. The van der Waals surface area contributed by atoms with E-state index >= 15 is 0 Å². The molecule has 0 fully saturated rings. The molecule has 0 aliphatic carbocycles. The predicted molar refractivity (Wildman–Crippen MR) is 176 cm³/mol. The van der Waals surface area contributed by atoms with E-state index in [1.54, 1.807) is 7.05 Å². The summed E-state index contributed by atoms with van der Waals surface area (Å²) in [4.78, 5) is 38.6. The van der Waals surface area contributed by atoms with Crippen molar-refractivity contribution in [2.75, 3.05) is 18.6 Å². The summed E-state index contributed by atoms with van der Waals surface area (Å²) in [5.41, 5.74) is 3.39. The lowest BCUT2D eigenvalue weighted by Crippen LogP contribution is -2.53. The molecule has 5 rings (SSSR count). The minimum atomic E-state index is -1.65. The van der Waals surface area contributed by atoms with Gasteiger partial charge in [-0.2, -0.15) is 0 Å². The summed E-state index contributed by atoms with van der Waals surface area (Å²) < 4.78 is 19.1. The highest BCUT2D eigenvalue weighted by molar-refractivity contribution is 5.94. The Hall–Kier alpha value is -5.34. The molecule has 0 bridgehead atoms. The first kappa shape index (κ1) is 32.1. The molecule has 0 spiro atoms. The molecule has 5 aromatic rings. The molecule has 0 N–H and O–H groups in total. The third-order valence-corrected chi connectivity index (χ3v) is 7.58. The molecule has 1 amide bonds. The Morgan fingerprint density at radius 3 is 1.87 bits per heavy atom. The van der Waals surface area contributed by atoms with Crippen LogP contribution in [0.25, 0.3) is 0 Å². The molecule has 0 saturated carbocycles. The van der Waals surface area contributed by atoms with E-state index in [0.717, 1.165) is 16.8 Å². The van der Waals surface area contributed by atoms with E-state index in [9.17, 15) is 9.59 Å². The third kappa shape index (κ3) is 7.47. The van der Waals surface area contributed by atoms with Crippen molar-refractivity contribution in [3.8, 4) is 6.01 Å². The number of rotatable bonds is 12. The lowest BCUT2D eigenvalue weighted by atomic mass is 9.81. The highest BCUT2D eigenvalue weighted by Gasteiger charge is 2.51. The first-order chi connectivity index (χ1) is 22.3. The molecule has 1 unspecified atom stereocenters. The van der Waals surface area contributed by atoms with Crippen LogP contribution in [0.15, 0.2) is 121 Å². The number of carbonyl (C=O) groups is 2. The zero-order valence-electron chi connectivity index (χ0n) is 26.4. The summed E-state index contributed by atoms with van der Waals surface area (Å²) in [6.07, 6.45) is -1.46. The van der Waals surface area contributed by atoms with Gasteiger partial charge in [-0.05, 0) is 61.2 Å². The maximum Gasteiger partial charge on any atom is 0.351 e. The SMILES string of the molecule is Cc1cccc(N(C)C(=O)COC(c2ccccc2)(c2ccccc2)C(Oc2nc(C)cc(C)n2)C(=O)OCc2ccccc2)c1. The summed E-state index contributed by atoms with van der Waals surface area (Å²) in [5.74, 6) is -1.03. The average Bonchev–Trinajstić information content (AvgIpc) is 3.07. The van der Waals surface area contributed by atoms with Crippen LogP contribution in [0.4, 0.5) is 5.69 Å². The number of anilines is 1. The van der Waals surface area contributed by atoms with Crippen molar-refractivity contribution in [1.82, 2.24) is 9.97 Å². The van der Waals surface area contributed by atoms with Crippen molar-refractivity contribution < 1.29 is 23.8 Å². The Kier molecular flexibility index (Phi) is 10.2. The summed E-state index contributed by atoms with van der Waals surface area (Å²) in [5, 5.41) is 0. The van der Waals surface area contributed by atoms with Gasteiger partial charge in [-0.25, -0.2) is 14.8 Å². The predicted octanol–water partition coefficient (Wildman–Crippen LogP) is 6.52. The van der Waals surface area contributed by atoms with Crippen LogP contribution >= 0.6 is 0 Å². The number of carbonyl (C=O) groups excluding carboxylic acids is 2. The average molecular weight is 616 g/mol. The Morgan fingerprint density at radius 1 is 0.739 bits per heavy atom. The van der Waals surface area contributed by atoms with E-state index in [1.807, 2.05) is 142 Å². The highest BCUT2D eigenvalue weighted by atomic mass is 16.6. The second-order valence-corrected chi connectivity index (χ2v) is 11.1. The number of esters is 1. The molecule has 0 saturated heterocycles. The second kappa shape index (κ2) is 14.6. The van der Waals surface area contributed by atoms with Crippen molar-refractivity contribution in [3.63, 3.8) is 0 Å². The van der Waals surface area contributed by atoms with Crippen LogP contribution in [0.1, 0.15) is 33.6 Å². The number of aryl methyl sites for hydroxylation is 3. The fraction of sp³-hybridized carbons (Fsp3) is 0.211. The standard InChI is InChI=1S/C38H37N3O5/c1-27-15-14-22-33(23-27)41(4)34(42)26-45-38(31-18-10-6-11-19-31,32-20-12-7-13-21-32)35(46-37-39-28(2)24-29(3)40-37)36(43)44-25-30-16-8-5-9-17-30/h5-24,35H,25-26H2,1-4H3. The van der Waals surface area contributed by atoms with Crippen LogP contribution in [0.3, 0.4) is 0 Å². The molecule has 8 nitrogen and oxygen atoms in total. The van der Waals surface area contributed by atoms with E-state index in [1.165, 1.54) is 4.90 Å². The maximum atomic E-state index is 14.3. The van der Waals surface area contributed by atoms with Crippen molar-refractivity contribution in [3.05, 3.63) is 155 Å². The Morgan fingerprint density at radius 2 is 1.30 bits per heavy atom. The number of ether oxygens (including phenoxy) is 3. The van der Waals surface area contributed by atoms with Crippen LogP contribution in [0, 0.1) is 20.8 Å². The Labute approximate surface area is 269 Å². The van der Waals surface area contributed by atoms with Crippen LogP contribution in [-0.4, -0.2) is 41.6 Å². The summed E-state index contributed by atoms with van der Waals surface area (Å²) in [6.45, 7) is 5.23. The fourth-order valence-corrected chi connectivity index (χ4v) is 5.29. The number of aromatic nitrogens is 2. The van der Waals surface area contributed by atoms with E-state index < -0.39 is 17.7 Å². The van der Waals surface area contributed by atoms with E-state index in [-0.39, 0.29) is 25.1 Å². The molecule has 8 heteroatoms. The molecule has 0 aliphatic heterocycles.